The molecule has 2 aromatic rings. The summed E-state index contributed by atoms with van der Waals surface area (Å²) < 4.78 is 5.11. The fourth-order valence-electron chi connectivity index (χ4n) is 3.54. The Balaban J connectivity index is 1.35. The number of aryl methyl sites for hydroxylation is 1. The van der Waals surface area contributed by atoms with E-state index in [1.807, 2.05) is 24.3 Å². The molecule has 1 aromatic heterocycles. The lowest BCUT2D eigenvalue weighted by molar-refractivity contribution is -0.122. The van der Waals surface area contributed by atoms with Crippen LogP contribution in [0.25, 0.3) is 0 Å². The van der Waals surface area contributed by atoms with Gasteiger partial charge in [-0.05, 0) is 61.1 Å². The minimum atomic E-state index is -0.593. The van der Waals surface area contributed by atoms with Crippen LogP contribution < -0.4 is 15.4 Å². The number of fused-ring (bicyclic) bond motifs is 1. The third-order valence-electron chi connectivity index (χ3n) is 5.15. The van der Waals surface area contributed by atoms with E-state index in [4.69, 9.17) is 4.74 Å². The fraction of sp³-hybridized carbons (Fsp3) is 0.318. The molecule has 2 amide bonds. The van der Waals surface area contributed by atoms with E-state index in [2.05, 4.69) is 26.9 Å². The van der Waals surface area contributed by atoms with Crippen molar-refractivity contribution in [3.8, 4) is 11.8 Å². The zero-order valence-corrected chi connectivity index (χ0v) is 19.0. The van der Waals surface area contributed by atoms with Crippen molar-refractivity contribution in [1.29, 1.82) is 5.26 Å². The molecule has 10 heteroatoms. The van der Waals surface area contributed by atoms with E-state index in [0.29, 0.717) is 15.7 Å². The largest absolute Gasteiger partial charge is 0.497 e. The van der Waals surface area contributed by atoms with E-state index in [1.54, 1.807) is 13.3 Å². The van der Waals surface area contributed by atoms with Crippen molar-refractivity contribution in [2.45, 2.75) is 37.4 Å². The number of thioether (sulfide) groups is 1. The van der Waals surface area contributed by atoms with Crippen LogP contribution in [-0.4, -0.2) is 35.6 Å². The van der Waals surface area contributed by atoms with Crippen molar-refractivity contribution >= 4 is 51.3 Å². The van der Waals surface area contributed by atoms with E-state index in [9.17, 15) is 14.9 Å². The number of nitrogens with one attached hydrogen (secondary N) is 2. The van der Waals surface area contributed by atoms with Crippen LogP contribution >= 0.6 is 23.1 Å². The Morgan fingerprint density at radius 2 is 2.12 bits per heavy atom. The van der Waals surface area contributed by atoms with E-state index in [-0.39, 0.29) is 18.2 Å². The van der Waals surface area contributed by atoms with Gasteiger partial charge in [-0.15, -0.1) is 16.4 Å². The van der Waals surface area contributed by atoms with E-state index in [0.717, 1.165) is 42.6 Å². The van der Waals surface area contributed by atoms with Gasteiger partial charge in [0.05, 0.1) is 18.9 Å². The van der Waals surface area contributed by atoms with Crippen molar-refractivity contribution in [3.63, 3.8) is 0 Å². The molecule has 0 bridgehead atoms. The molecule has 0 radical (unpaired) electrons. The van der Waals surface area contributed by atoms with Gasteiger partial charge in [-0.1, -0.05) is 11.8 Å². The second kappa shape index (κ2) is 9.97. The molecule has 1 aliphatic carbocycles. The number of nitriles is 1. The average Bonchev–Trinajstić information content (AvgIpc) is 3.32. The highest BCUT2D eigenvalue weighted by atomic mass is 32.2. The summed E-state index contributed by atoms with van der Waals surface area (Å²) in [4.78, 5) is 26.0. The van der Waals surface area contributed by atoms with Crippen LogP contribution in [0.1, 0.15) is 40.8 Å². The standard InChI is InChI=1S/C22H21N5O3S2/c1-30-14-8-6-13(7-9-14)12-24-27-22-26-20(29)18(32-22)10-19(28)25-21-16(11-23)15-4-2-3-5-17(15)31-21/h6-9,12,18H,2-5,10H2,1H3,(H,25,28)(H,26,27,29)/b24-12-/t18-/m0/s1. The molecule has 0 saturated carbocycles. The van der Waals surface area contributed by atoms with Gasteiger partial charge in [0.1, 0.15) is 22.1 Å². The number of benzene rings is 1. The van der Waals surface area contributed by atoms with E-state index in [1.165, 1.54) is 28.0 Å². The molecular weight excluding hydrogens is 446 g/mol. The average molecular weight is 468 g/mol. The minimum Gasteiger partial charge on any atom is -0.497 e. The Labute approximate surface area is 193 Å². The summed E-state index contributed by atoms with van der Waals surface area (Å²) in [5.41, 5.74) is 2.47. The van der Waals surface area contributed by atoms with Crippen LogP contribution in [0, 0.1) is 11.3 Å². The van der Waals surface area contributed by atoms with Crippen LogP contribution in [0.15, 0.2) is 34.5 Å². The second-order valence-corrected chi connectivity index (χ2v) is 9.59. The third kappa shape index (κ3) is 5.00. The number of anilines is 1. The summed E-state index contributed by atoms with van der Waals surface area (Å²) in [6, 6.07) is 9.55. The van der Waals surface area contributed by atoms with Crippen molar-refractivity contribution < 1.29 is 14.3 Å². The van der Waals surface area contributed by atoms with Gasteiger partial charge in [-0.3, -0.25) is 9.59 Å². The van der Waals surface area contributed by atoms with Gasteiger partial charge in [0.15, 0.2) is 5.17 Å². The molecule has 1 aliphatic heterocycles. The highest BCUT2D eigenvalue weighted by Crippen LogP contribution is 2.37. The Morgan fingerprint density at radius 3 is 2.88 bits per heavy atom. The highest BCUT2D eigenvalue weighted by molar-refractivity contribution is 8.15. The highest BCUT2D eigenvalue weighted by Gasteiger charge is 2.33. The maximum atomic E-state index is 12.6. The number of rotatable bonds is 6. The quantitative estimate of drug-likeness (QED) is 0.499. The summed E-state index contributed by atoms with van der Waals surface area (Å²) in [6.45, 7) is 0. The first-order chi connectivity index (χ1) is 15.6. The first kappa shape index (κ1) is 22.0. The van der Waals surface area contributed by atoms with Crippen LogP contribution in [-0.2, 0) is 22.4 Å². The molecule has 2 aliphatic rings. The first-order valence-electron chi connectivity index (χ1n) is 10.1. The predicted octanol–water partition coefficient (Wildman–Crippen LogP) is 3.46. The number of amides is 2. The van der Waals surface area contributed by atoms with Gasteiger partial charge in [0.25, 0.3) is 0 Å². The maximum Gasteiger partial charge on any atom is 0.240 e. The lowest BCUT2D eigenvalue weighted by Crippen LogP contribution is -2.28. The number of thiophene rings is 1. The van der Waals surface area contributed by atoms with Crippen molar-refractivity contribution in [1.82, 2.24) is 5.32 Å². The van der Waals surface area contributed by atoms with Crippen LogP contribution in [0.3, 0.4) is 0 Å². The van der Waals surface area contributed by atoms with Gasteiger partial charge in [0, 0.05) is 11.3 Å². The van der Waals surface area contributed by atoms with Gasteiger partial charge in [-0.2, -0.15) is 10.4 Å². The zero-order chi connectivity index (χ0) is 22.5. The number of amidine groups is 1. The number of hydrogen-bond donors (Lipinski definition) is 2. The second-order valence-electron chi connectivity index (χ2n) is 7.30. The van der Waals surface area contributed by atoms with Crippen molar-refractivity contribution in [3.05, 3.63) is 45.8 Å². The molecule has 0 unspecified atom stereocenters. The summed E-state index contributed by atoms with van der Waals surface area (Å²) in [5, 5.41) is 23.4. The summed E-state index contributed by atoms with van der Waals surface area (Å²) in [6.07, 6.45) is 5.55. The SMILES string of the molecule is COc1ccc(/C=N\N=C2\NC(=O)[C@H](CC(=O)Nc3sc4c(c3C#N)CCCC4)S2)cc1. The Bertz CT molecular complexity index is 1130. The smallest absolute Gasteiger partial charge is 0.240 e. The lowest BCUT2D eigenvalue weighted by Gasteiger charge is -2.09. The normalized spacial score (nSPS) is 18.9. The Hall–Kier alpha value is -3.16. The van der Waals surface area contributed by atoms with E-state index < -0.39 is 5.25 Å². The number of carbonyl (C=O) groups excluding carboxylic acids is 2. The topological polar surface area (TPSA) is 116 Å². The molecule has 2 heterocycles. The Kier molecular flexibility index (Phi) is 6.87. The summed E-state index contributed by atoms with van der Waals surface area (Å²) in [5.74, 6) is 0.170. The van der Waals surface area contributed by atoms with Gasteiger partial charge >= 0.3 is 0 Å². The molecule has 1 fully saturated rings. The Morgan fingerprint density at radius 1 is 1.34 bits per heavy atom. The molecule has 2 N–H and O–H groups in total. The summed E-state index contributed by atoms with van der Waals surface area (Å²) in [7, 11) is 1.60. The van der Waals surface area contributed by atoms with Gasteiger partial charge in [-0.25, -0.2) is 0 Å². The number of methoxy groups -OCH3 is 1. The molecule has 32 heavy (non-hydrogen) atoms. The molecular formula is C22H21N5O3S2. The van der Waals surface area contributed by atoms with Gasteiger partial charge < -0.3 is 15.4 Å². The molecule has 1 atom stereocenters. The molecule has 164 valence electrons. The number of ether oxygens (including phenoxy) is 1. The summed E-state index contributed by atoms with van der Waals surface area (Å²) >= 11 is 2.64. The van der Waals surface area contributed by atoms with Gasteiger partial charge in [0.2, 0.25) is 11.8 Å². The number of nitrogens with zero attached hydrogens (tertiary/aromatic N) is 3. The molecule has 1 aromatic carbocycles. The van der Waals surface area contributed by atoms with Crippen molar-refractivity contribution in [2.24, 2.45) is 10.2 Å². The number of hydrogen-bond acceptors (Lipinski definition) is 8. The monoisotopic (exact) mass is 467 g/mol. The first-order valence-corrected chi connectivity index (χ1v) is 11.8. The predicted molar refractivity (Wildman–Crippen MR) is 126 cm³/mol. The lowest BCUT2D eigenvalue weighted by atomic mass is 9.96. The molecule has 0 spiro atoms. The molecule has 1 saturated heterocycles. The van der Waals surface area contributed by atoms with Crippen LogP contribution in [0.5, 0.6) is 5.75 Å². The van der Waals surface area contributed by atoms with Crippen molar-refractivity contribution in [2.75, 3.05) is 12.4 Å². The maximum absolute atomic E-state index is 12.6. The van der Waals surface area contributed by atoms with Crippen LogP contribution in [0.2, 0.25) is 0 Å². The molecule has 8 nitrogen and oxygen atoms in total. The number of carbonyl (C=O) groups is 2. The molecule has 4 rings (SSSR count). The zero-order valence-electron chi connectivity index (χ0n) is 17.4. The minimum absolute atomic E-state index is 0.00878. The fourth-order valence-corrected chi connectivity index (χ4v) is 5.72. The third-order valence-corrected chi connectivity index (χ3v) is 7.43. The van der Waals surface area contributed by atoms with E-state index >= 15 is 0 Å². The van der Waals surface area contributed by atoms with Crippen LogP contribution in [0.4, 0.5) is 5.00 Å².